The number of nitrogens with one attached hydrogen (secondary N) is 1. The van der Waals surface area contributed by atoms with Crippen molar-refractivity contribution >= 4 is 5.91 Å². The molecule has 3 rings (SSSR count). The van der Waals surface area contributed by atoms with Crippen LogP contribution in [0.1, 0.15) is 39.4 Å². The van der Waals surface area contributed by atoms with Crippen molar-refractivity contribution in [3.05, 3.63) is 64.7 Å². The second-order valence-corrected chi connectivity index (χ2v) is 6.60. The van der Waals surface area contributed by atoms with E-state index in [-0.39, 0.29) is 5.91 Å². The maximum Gasteiger partial charge on any atom is 0.254 e. The molecule has 1 aromatic carbocycles. The fourth-order valence-electron chi connectivity index (χ4n) is 3.10. The fraction of sp³-hybridized carbons (Fsp3) is 0.350. The van der Waals surface area contributed by atoms with E-state index >= 15 is 0 Å². The molecule has 2 heterocycles. The number of carbonyl (C=O) groups is 1. The largest absolute Gasteiger partial charge is 0.352 e. The van der Waals surface area contributed by atoms with Gasteiger partial charge in [0.1, 0.15) is 0 Å². The molecule has 0 aliphatic rings. The lowest BCUT2D eigenvalue weighted by Crippen LogP contribution is -2.26. The number of hydrogen-bond donors (Lipinski definition) is 1. The molecule has 1 N–H and O–H groups in total. The molecule has 0 saturated carbocycles. The molecule has 0 bridgehead atoms. The van der Waals surface area contributed by atoms with Crippen molar-refractivity contribution in [1.29, 1.82) is 0 Å². The van der Waals surface area contributed by atoms with E-state index in [0.29, 0.717) is 12.1 Å². The molecule has 0 saturated heterocycles. The van der Waals surface area contributed by atoms with Gasteiger partial charge in [0.25, 0.3) is 5.91 Å². The van der Waals surface area contributed by atoms with Crippen molar-refractivity contribution in [2.24, 2.45) is 0 Å². The van der Waals surface area contributed by atoms with E-state index < -0.39 is 0 Å². The van der Waals surface area contributed by atoms with Crippen LogP contribution in [0.3, 0.4) is 0 Å². The minimum absolute atomic E-state index is 0.0873. The Bertz CT molecular complexity index is 922. The average molecular weight is 351 g/mol. The highest BCUT2D eigenvalue weighted by molar-refractivity contribution is 5.95. The molecular formula is C20H25N5O. The van der Waals surface area contributed by atoms with Crippen LogP contribution in [0.15, 0.2) is 36.5 Å². The number of hydrogen-bond acceptors (Lipinski definition) is 3. The third kappa shape index (κ3) is 3.69. The molecule has 0 radical (unpaired) electrons. The van der Waals surface area contributed by atoms with Gasteiger partial charge in [-0.25, -0.2) is 4.68 Å². The fourth-order valence-corrected chi connectivity index (χ4v) is 3.10. The van der Waals surface area contributed by atoms with Gasteiger partial charge >= 0.3 is 0 Å². The highest BCUT2D eigenvalue weighted by Gasteiger charge is 2.15. The van der Waals surface area contributed by atoms with Gasteiger partial charge in [0.15, 0.2) is 0 Å². The first kappa shape index (κ1) is 17.9. The van der Waals surface area contributed by atoms with E-state index in [0.717, 1.165) is 41.3 Å². The van der Waals surface area contributed by atoms with Gasteiger partial charge in [-0.2, -0.15) is 10.2 Å². The molecule has 0 fully saturated rings. The molecule has 6 nitrogen and oxygen atoms in total. The second kappa shape index (κ2) is 7.56. The lowest BCUT2D eigenvalue weighted by molar-refractivity contribution is 0.0952. The zero-order valence-electron chi connectivity index (χ0n) is 15.8. The Morgan fingerprint density at radius 1 is 1.15 bits per heavy atom. The monoisotopic (exact) mass is 351 g/mol. The van der Waals surface area contributed by atoms with E-state index in [4.69, 9.17) is 0 Å². The molecule has 0 aliphatic heterocycles. The van der Waals surface area contributed by atoms with Crippen molar-refractivity contribution in [3.8, 4) is 5.69 Å². The molecule has 2 aromatic heterocycles. The van der Waals surface area contributed by atoms with Crippen molar-refractivity contribution in [3.63, 3.8) is 0 Å². The quantitative estimate of drug-likeness (QED) is 0.694. The molecule has 0 unspecified atom stereocenters. The zero-order chi connectivity index (χ0) is 18.7. The van der Waals surface area contributed by atoms with Gasteiger partial charge in [0.05, 0.1) is 28.8 Å². The van der Waals surface area contributed by atoms with Gasteiger partial charge in [-0.05, 0) is 51.8 Å². The molecule has 6 heteroatoms. The number of amides is 1. The number of aromatic nitrogens is 4. The molecule has 26 heavy (non-hydrogen) atoms. The second-order valence-electron chi connectivity index (χ2n) is 6.60. The predicted molar refractivity (Wildman–Crippen MR) is 102 cm³/mol. The normalized spacial score (nSPS) is 10.9. The highest BCUT2D eigenvalue weighted by atomic mass is 16.1. The molecular weight excluding hydrogens is 326 g/mol. The molecule has 1 amide bonds. The van der Waals surface area contributed by atoms with Crippen LogP contribution in [0.25, 0.3) is 5.69 Å². The predicted octanol–water partition coefficient (Wildman–Crippen LogP) is 3.12. The van der Waals surface area contributed by atoms with E-state index in [1.807, 2.05) is 61.3 Å². The Morgan fingerprint density at radius 3 is 2.62 bits per heavy atom. The summed E-state index contributed by atoms with van der Waals surface area (Å²) in [7, 11) is 0. The maximum atomic E-state index is 12.5. The number of nitrogens with zero attached hydrogens (tertiary/aromatic N) is 4. The summed E-state index contributed by atoms with van der Waals surface area (Å²) in [5, 5.41) is 11.8. The number of benzene rings is 1. The number of para-hydroxylation sites is 1. The summed E-state index contributed by atoms with van der Waals surface area (Å²) >= 11 is 0. The van der Waals surface area contributed by atoms with Crippen molar-refractivity contribution in [1.82, 2.24) is 24.9 Å². The first-order valence-corrected chi connectivity index (χ1v) is 8.87. The molecule has 3 aromatic rings. The minimum Gasteiger partial charge on any atom is -0.352 e. The Kier molecular flexibility index (Phi) is 5.21. The molecule has 0 aliphatic carbocycles. The SMILES string of the molecule is Cc1cc(C)n(CCCNC(=O)c2cnn(-c3ccccc3C)c2C)n1. The van der Waals surface area contributed by atoms with Crippen LogP contribution in [0, 0.1) is 27.7 Å². The van der Waals surface area contributed by atoms with Gasteiger partial charge in [0.2, 0.25) is 0 Å². The Balaban J connectivity index is 1.60. The minimum atomic E-state index is -0.0873. The Hall–Kier alpha value is -2.89. The van der Waals surface area contributed by atoms with Crippen LogP contribution in [0.5, 0.6) is 0 Å². The van der Waals surface area contributed by atoms with Crippen molar-refractivity contribution < 1.29 is 4.79 Å². The van der Waals surface area contributed by atoms with E-state index in [1.54, 1.807) is 6.20 Å². The Morgan fingerprint density at radius 2 is 1.92 bits per heavy atom. The number of aryl methyl sites for hydroxylation is 4. The summed E-state index contributed by atoms with van der Waals surface area (Å²) in [5.41, 5.74) is 5.73. The van der Waals surface area contributed by atoms with Gasteiger partial charge < -0.3 is 5.32 Å². The van der Waals surface area contributed by atoms with Crippen LogP contribution in [0.4, 0.5) is 0 Å². The average Bonchev–Trinajstić information content (AvgIpc) is 3.14. The van der Waals surface area contributed by atoms with Crippen molar-refractivity contribution in [2.75, 3.05) is 6.54 Å². The standard InChI is InChI=1S/C20H25N5O/c1-14-8-5-6-9-19(14)25-17(4)18(13-22-25)20(26)21-10-7-11-24-16(3)12-15(2)23-24/h5-6,8-9,12-13H,7,10-11H2,1-4H3,(H,21,26). The van der Waals surface area contributed by atoms with Gasteiger partial charge in [-0.1, -0.05) is 18.2 Å². The number of carbonyl (C=O) groups excluding carboxylic acids is 1. The molecule has 0 atom stereocenters. The highest BCUT2D eigenvalue weighted by Crippen LogP contribution is 2.17. The van der Waals surface area contributed by atoms with Crippen LogP contribution in [-0.2, 0) is 6.54 Å². The molecule has 136 valence electrons. The Labute approximate surface area is 153 Å². The lowest BCUT2D eigenvalue weighted by atomic mass is 10.2. The number of rotatable bonds is 6. The summed E-state index contributed by atoms with van der Waals surface area (Å²) < 4.78 is 3.79. The van der Waals surface area contributed by atoms with E-state index in [1.165, 1.54) is 0 Å². The van der Waals surface area contributed by atoms with Crippen LogP contribution in [-0.4, -0.2) is 32.0 Å². The third-order valence-corrected chi connectivity index (χ3v) is 4.53. The van der Waals surface area contributed by atoms with Gasteiger partial charge in [-0.3, -0.25) is 9.48 Å². The summed E-state index contributed by atoms with van der Waals surface area (Å²) in [6.07, 6.45) is 2.47. The maximum absolute atomic E-state index is 12.5. The van der Waals surface area contributed by atoms with Crippen LogP contribution in [0.2, 0.25) is 0 Å². The molecule has 0 spiro atoms. The topological polar surface area (TPSA) is 64.7 Å². The van der Waals surface area contributed by atoms with Gasteiger partial charge in [-0.15, -0.1) is 0 Å². The third-order valence-electron chi connectivity index (χ3n) is 4.53. The summed E-state index contributed by atoms with van der Waals surface area (Å²) in [4.78, 5) is 12.5. The smallest absolute Gasteiger partial charge is 0.254 e. The summed E-state index contributed by atoms with van der Waals surface area (Å²) in [6, 6.07) is 10.1. The summed E-state index contributed by atoms with van der Waals surface area (Å²) in [5.74, 6) is -0.0873. The van der Waals surface area contributed by atoms with E-state index in [2.05, 4.69) is 21.6 Å². The first-order chi connectivity index (χ1) is 12.5. The lowest BCUT2D eigenvalue weighted by Gasteiger charge is -2.09. The first-order valence-electron chi connectivity index (χ1n) is 8.87. The van der Waals surface area contributed by atoms with Gasteiger partial charge in [0, 0.05) is 18.8 Å². The summed E-state index contributed by atoms with van der Waals surface area (Å²) in [6.45, 7) is 9.38. The van der Waals surface area contributed by atoms with E-state index in [9.17, 15) is 4.79 Å². The zero-order valence-corrected chi connectivity index (χ0v) is 15.8. The van der Waals surface area contributed by atoms with Crippen LogP contribution < -0.4 is 5.32 Å². The van der Waals surface area contributed by atoms with Crippen LogP contribution >= 0.6 is 0 Å². The van der Waals surface area contributed by atoms with Crippen molar-refractivity contribution in [2.45, 2.75) is 40.7 Å².